The van der Waals surface area contributed by atoms with E-state index in [0.717, 1.165) is 31.8 Å². The summed E-state index contributed by atoms with van der Waals surface area (Å²) in [5, 5.41) is 0. The van der Waals surface area contributed by atoms with Gasteiger partial charge in [0.15, 0.2) is 21.3 Å². The summed E-state index contributed by atoms with van der Waals surface area (Å²) in [5.74, 6) is 1.85. The van der Waals surface area contributed by atoms with Crippen LogP contribution in [0.15, 0.2) is 51.8 Å². The van der Waals surface area contributed by atoms with E-state index >= 15 is 0 Å². The summed E-state index contributed by atoms with van der Waals surface area (Å²) in [7, 11) is -1.58. The number of oxazole rings is 1. The van der Waals surface area contributed by atoms with E-state index in [4.69, 9.17) is 9.15 Å². The van der Waals surface area contributed by atoms with Gasteiger partial charge in [-0.3, -0.25) is 4.90 Å². The van der Waals surface area contributed by atoms with Crippen LogP contribution in [0.2, 0.25) is 0 Å². The molecule has 0 bridgehead atoms. The van der Waals surface area contributed by atoms with Crippen molar-refractivity contribution in [2.45, 2.75) is 30.7 Å². The molecule has 2 heterocycles. The molecule has 148 valence electrons. The van der Waals surface area contributed by atoms with E-state index in [2.05, 4.69) is 22.0 Å². The Morgan fingerprint density at radius 1 is 1.21 bits per heavy atom. The maximum absolute atomic E-state index is 12.1. The normalized spacial score (nSPS) is 18.0. The lowest BCUT2D eigenvalue weighted by molar-refractivity contribution is 0.320. The highest BCUT2D eigenvalue weighted by atomic mass is 32.2. The van der Waals surface area contributed by atoms with Crippen LogP contribution in [-0.4, -0.2) is 44.3 Å². The van der Waals surface area contributed by atoms with Crippen molar-refractivity contribution < 1.29 is 17.6 Å². The predicted molar refractivity (Wildman–Crippen MR) is 107 cm³/mol. The van der Waals surface area contributed by atoms with Gasteiger partial charge in [-0.2, -0.15) is 0 Å². The van der Waals surface area contributed by atoms with Crippen molar-refractivity contribution >= 4 is 20.9 Å². The van der Waals surface area contributed by atoms with Gasteiger partial charge in [-0.05, 0) is 48.9 Å². The molecule has 3 aromatic rings. The number of likely N-dealkylation sites (tertiary alicyclic amines) is 1. The van der Waals surface area contributed by atoms with Gasteiger partial charge >= 0.3 is 0 Å². The number of hydrogen-bond acceptors (Lipinski definition) is 6. The Kier molecular flexibility index (Phi) is 5.12. The number of benzene rings is 2. The lowest BCUT2D eigenvalue weighted by Gasteiger charge is -2.15. The van der Waals surface area contributed by atoms with Gasteiger partial charge in [0.25, 0.3) is 0 Å². The second-order valence-corrected chi connectivity index (χ2v) is 9.43. The monoisotopic (exact) mass is 400 g/mol. The molecule has 1 unspecified atom stereocenters. The molecular weight excluding hydrogens is 376 g/mol. The van der Waals surface area contributed by atoms with E-state index in [9.17, 15) is 8.42 Å². The minimum Gasteiger partial charge on any atom is -0.497 e. The third-order valence-corrected chi connectivity index (χ3v) is 7.03. The molecule has 0 saturated carbocycles. The second kappa shape index (κ2) is 7.56. The molecule has 1 aliphatic rings. The van der Waals surface area contributed by atoms with Gasteiger partial charge in [-0.25, -0.2) is 13.4 Å². The summed E-state index contributed by atoms with van der Waals surface area (Å²) in [6.45, 7) is 4.37. The third-order valence-electron chi connectivity index (χ3n) is 5.30. The van der Waals surface area contributed by atoms with Crippen LogP contribution in [0.1, 0.15) is 30.7 Å². The number of hydrogen-bond donors (Lipinski definition) is 0. The van der Waals surface area contributed by atoms with E-state index in [1.54, 1.807) is 32.2 Å². The largest absolute Gasteiger partial charge is 0.497 e. The number of aromatic nitrogens is 1. The number of fused-ring (bicyclic) bond motifs is 1. The van der Waals surface area contributed by atoms with Gasteiger partial charge < -0.3 is 9.15 Å². The zero-order valence-corrected chi connectivity index (χ0v) is 16.9. The summed E-state index contributed by atoms with van der Waals surface area (Å²) >= 11 is 0. The Labute approximate surface area is 165 Å². The van der Waals surface area contributed by atoms with Crippen LogP contribution in [-0.2, 0) is 16.4 Å². The predicted octanol–water partition coefficient (Wildman–Crippen LogP) is 3.62. The highest BCUT2D eigenvalue weighted by molar-refractivity contribution is 7.91. The molecule has 4 rings (SSSR count). The van der Waals surface area contributed by atoms with Gasteiger partial charge in [0.2, 0.25) is 0 Å². The molecule has 0 N–H and O–H groups in total. The molecule has 0 spiro atoms. The lowest BCUT2D eigenvalue weighted by atomic mass is 10.1. The summed E-state index contributed by atoms with van der Waals surface area (Å²) in [6.07, 6.45) is 0.975. The maximum Gasteiger partial charge on any atom is 0.199 e. The fraction of sp³-hybridized carbons (Fsp3) is 0.381. The van der Waals surface area contributed by atoms with Crippen LogP contribution in [0, 0.1) is 0 Å². The van der Waals surface area contributed by atoms with E-state index in [0.29, 0.717) is 21.9 Å². The number of nitrogens with zero attached hydrogens (tertiary/aromatic N) is 2. The fourth-order valence-corrected chi connectivity index (χ4v) is 4.53. The molecule has 1 aliphatic heterocycles. The van der Waals surface area contributed by atoms with Crippen molar-refractivity contribution in [1.29, 1.82) is 0 Å². The molecule has 1 fully saturated rings. The average molecular weight is 401 g/mol. The first kappa shape index (κ1) is 19.0. The van der Waals surface area contributed by atoms with Gasteiger partial charge in [-0.1, -0.05) is 19.1 Å². The molecule has 0 amide bonds. The molecule has 28 heavy (non-hydrogen) atoms. The first-order valence-electron chi connectivity index (χ1n) is 9.47. The summed E-state index contributed by atoms with van der Waals surface area (Å²) in [4.78, 5) is 7.28. The zero-order valence-electron chi connectivity index (χ0n) is 16.1. The molecule has 1 aromatic heterocycles. The van der Waals surface area contributed by atoms with Gasteiger partial charge in [0.1, 0.15) is 11.3 Å². The molecule has 0 radical (unpaired) electrons. The van der Waals surface area contributed by atoms with E-state index in [1.165, 1.54) is 5.56 Å². The van der Waals surface area contributed by atoms with E-state index in [1.807, 2.05) is 12.1 Å². The van der Waals surface area contributed by atoms with Gasteiger partial charge in [0.05, 0.1) is 17.8 Å². The summed E-state index contributed by atoms with van der Waals surface area (Å²) < 4.78 is 35.3. The van der Waals surface area contributed by atoms with Crippen molar-refractivity contribution in [3.63, 3.8) is 0 Å². The Balaban J connectivity index is 1.48. The maximum atomic E-state index is 12.1. The van der Waals surface area contributed by atoms with Crippen molar-refractivity contribution in [2.75, 3.05) is 26.0 Å². The number of methoxy groups -OCH3 is 1. The highest BCUT2D eigenvalue weighted by Crippen LogP contribution is 2.31. The van der Waals surface area contributed by atoms with Crippen LogP contribution in [0.5, 0.6) is 5.75 Å². The molecule has 7 heteroatoms. The Morgan fingerprint density at radius 3 is 2.71 bits per heavy atom. The molecule has 6 nitrogen and oxygen atoms in total. The molecule has 1 atom stereocenters. The second-order valence-electron chi connectivity index (χ2n) is 7.15. The summed E-state index contributed by atoms with van der Waals surface area (Å²) in [6, 6.07) is 13.0. The Morgan fingerprint density at radius 2 is 2.00 bits per heavy atom. The minimum atomic E-state index is -3.25. The van der Waals surface area contributed by atoms with Crippen LogP contribution in [0.3, 0.4) is 0 Å². The van der Waals surface area contributed by atoms with E-state index < -0.39 is 9.84 Å². The van der Waals surface area contributed by atoms with Crippen LogP contribution in [0.25, 0.3) is 11.1 Å². The van der Waals surface area contributed by atoms with Gasteiger partial charge in [-0.15, -0.1) is 0 Å². The number of rotatable bonds is 6. The smallest absolute Gasteiger partial charge is 0.199 e. The van der Waals surface area contributed by atoms with Gasteiger partial charge in [0, 0.05) is 19.0 Å². The van der Waals surface area contributed by atoms with Crippen molar-refractivity contribution in [3.05, 3.63) is 53.9 Å². The topological polar surface area (TPSA) is 72.6 Å². The molecular formula is C21H24N2O4S. The molecule has 2 aromatic carbocycles. The van der Waals surface area contributed by atoms with Crippen LogP contribution < -0.4 is 4.74 Å². The molecule has 0 aliphatic carbocycles. The number of sulfone groups is 1. The Hall–Kier alpha value is -2.38. The first-order valence-corrected chi connectivity index (χ1v) is 11.1. The van der Waals surface area contributed by atoms with Crippen molar-refractivity contribution in [1.82, 2.24) is 9.88 Å². The van der Waals surface area contributed by atoms with E-state index in [-0.39, 0.29) is 11.7 Å². The average Bonchev–Trinajstić information content (AvgIpc) is 3.34. The third kappa shape index (κ3) is 3.77. The SMILES string of the molecule is CCS(=O)(=O)c1ccc2oc(C3CCN(Cc4ccc(OC)cc4)C3)nc2c1. The van der Waals surface area contributed by atoms with Crippen LogP contribution >= 0.6 is 0 Å². The standard InChI is InChI=1S/C21H24N2O4S/c1-3-28(24,25)18-8-9-20-19(12-18)22-21(27-20)16-10-11-23(14-16)13-15-4-6-17(26-2)7-5-15/h4-9,12,16H,3,10-11,13-14H2,1-2H3. The fourth-order valence-electron chi connectivity index (χ4n) is 3.63. The summed E-state index contributed by atoms with van der Waals surface area (Å²) in [5.41, 5.74) is 2.49. The first-order chi connectivity index (χ1) is 13.5. The van der Waals surface area contributed by atoms with Crippen molar-refractivity contribution in [3.8, 4) is 5.75 Å². The lowest BCUT2D eigenvalue weighted by Crippen LogP contribution is -2.19. The quantitative estimate of drug-likeness (QED) is 0.629. The van der Waals surface area contributed by atoms with Crippen LogP contribution in [0.4, 0.5) is 0 Å². The molecule has 1 saturated heterocycles. The van der Waals surface area contributed by atoms with Crippen molar-refractivity contribution in [2.24, 2.45) is 0 Å². The minimum absolute atomic E-state index is 0.0756. The number of ether oxygens (including phenoxy) is 1. The highest BCUT2D eigenvalue weighted by Gasteiger charge is 2.28. The zero-order chi connectivity index (χ0) is 19.7. The Bertz CT molecular complexity index is 1070.